The van der Waals surface area contributed by atoms with Crippen molar-refractivity contribution in [3.05, 3.63) is 71.1 Å². The molecule has 0 saturated heterocycles. The van der Waals surface area contributed by atoms with Crippen molar-refractivity contribution in [3.8, 4) is 0 Å². The van der Waals surface area contributed by atoms with Crippen molar-refractivity contribution >= 4 is 55.0 Å². The number of sulfonamides is 1. The largest absolute Gasteiger partial charge is 0.465 e. The minimum absolute atomic E-state index is 0.0230. The van der Waals surface area contributed by atoms with Crippen molar-refractivity contribution < 1.29 is 17.9 Å². The Hall–Kier alpha value is -3.50. The molecule has 0 atom stereocenters. The number of anilines is 3. The zero-order chi connectivity index (χ0) is 22.7. The molecule has 0 unspecified atom stereocenters. The molecule has 0 amide bonds. The van der Waals surface area contributed by atoms with Crippen LogP contribution in [0.5, 0.6) is 0 Å². The second-order valence-electron chi connectivity index (χ2n) is 6.75. The van der Waals surface area contributed by atoms with E-state index < -0.39 is 16.0 Å². The number of fused-ring (bicyclic) bond motifs is 1. The summed E-state index contributed by atoms with van der Waals surface area (Å²) in [5.74, 6) is -0.295. The van der Waals surface area contributed by atoms with Gasteiger partial charge in [-0.2, -0.15) is 0 Å². The quantitative estimate of drug-likeness (QED) is 0.382. The Morgan fingerprint density at radius 3 is 2.25 bits per heavy atom. The highest BCUT2D eigenvalue weighted by Gasteiger charge is 2.22. The van der Waals surface area contributed by atoms with Crippen LogP contribution in [0, 0.1) is 0 Å². The van der Waals surface area contributed by atoms with Crippen LogP contribution >= 0.6 is 11.3 Å². The second-order valence-corrected chi connectivity index (χ2v) is 9.57. The number of para-hydroxylation sites is 2. The van der Waals surface area contributed by atoms with E-state index in [-0.39, 0.29) is 16.5 Å². The Balaban J connectivity index is 1.81. The summed E-state index contributed by atoms with van der Waals surface area (Å²) in [5.41, 5.74) is 1.45. The zero-order valence-corrected chi connectivity index (χ0v) is 19.0. The number of aromatic nitrogens is 2. The first-order chi connectivity index (χ1) is 15.4. The minimum atomic E-state index is -3.91. The minimum Gasteiger partial charge on any atom is -0.465 e. The van der Waals surface area contributed by atoms with Crippen LogP contribution in [0.2, 0.25) is 0 Å². The molecule has 0 radical (unpaired) electrons. The number of carbonyl (C=O) groups excluding carboxylic acids is 1. The van der Waals surface area contributed by atoms with Crippen LogP contribution < -0.4 is 10.0 Å². The van der Waals surface area contributed by atoms with Gasteiger partial charge in [-0.3, -0.25) is 4.72 Å². The Bertz CT molecular complexity index is 1390. The average Bonchev–Trinajstić information content (AvgIpc) is 3.22. The third-order valence-corrected chi connectivity index (χ3v) is 7.17. The Kier molecular flexibility index (Phi) is 6.06. The van der Waals surface area contributed by atoms with Crippen LogP contribution in [-0.2, 0) is 21.2 Å². The highest BCUT2D eigenvalue weighted by Crippen LogP contribution is 2.34. The molecule has 0 fully saturated rings. The number of esters is 1. The fraction of sp³-hybridized carbons (Fsp3) is 0.136. The summed E-state index contributed by atoms with van der Waals surface area (Å²) in [6.45, 7) is 1.98. The maximum Gasteiger partial charge on any atom is 0.340 e. The van der Waals surface area contributed by atoms with Crippen molar-refractivity contribution in [2.45, 2.75) is 18.2 Å². The normalized spacial score (nSPS) is 11.3. The number of ether oxygens (including phenoxy) is 1. The van der Waals surface area contributed by atoms with Crippen molar-refractivity contribution in [2.24, 2.45) is 0 Å². The molecule has 164 valence electrons. The Labute approximate surface area is 189 Å². The molecule has 2 N–H and O–H groups in total. The first-order valence-electron chi connectivity index (χ1n) is 9.74. The van der Waals surface area contributed by atoms with E-state index in [1.165, 1.54) is 30.6 Å². The molecule has 4 rings (SSSR count). The lowest BCUT2D eigenvalue weighted by Crippen LogP contribution is -2.16. The van der Waals surface area contributed by atoms with Crippen molar-refractivity contribution in [1.82, 2.24) is 9.97 Å². The van der Waals surface area contributed by atoms with Gasteiger partial charge in [-0.25, -0.2) is 23.2 Å². The van der Waals surface area contributed by atoms with Gasteiger partial charge in [0.15, 0.2) is 11.6 Å². The first-order valence-corrected chi connectivity index (χ1v) is 12.0. The monoisotopic (exact) mass is 468 g/mol. The van der Waals surface area contributed by atoms with Crippen LogP contribution in [0.15, 0.2) is 65.6 Å². The number of carbonyl (C=O) groups is 1. The van der Waals surface area contributed by atoms with E-state index in [4.69, 9.17) is 4.74 Å². The molecule has 0 spiro atoms. The molecule has 0 saturated carbocycles. The third kappa shape index (κ3) is 4.41. The number of nitrogens with zero attached hydrogens (tertiary/aromatic N) is 2. The number of thiophene rings is 1. The first kappa shape index (κ1) is 21.7. The number of benzene rings is 2. The molecule has 0 aliphatic heterocycles. The van der Waals surface area contributed by atoms with Crippen LogP contribution in [0.25, 0.3) is 11.0 Å². The number of hydrogen-bond donors (Lipinski definition) is 2. The van der Waals surface area contributed by atoms with Crippen molar-refractivity contribution in [2.75, 3.05) is 17.1 Å². The van der Waals surface area contributed by atoms with Crippen LogP contribution in [0.1, 0.15) is 22.2 Å². The van der Waals surface area contributed by atoms with E-state index in [1.807, 2.05) is 13.0 Å². The number of aryl methyl sites for hydroxylation is 1. The summed E-state index contributed by atoms with van der Waals surface area (Å²) >= 11 is 1.37. The highest BCUT2D eigenvalue weighted by atomic mass is 32.2. The van der Waals surface area contributed by atoms with Gasteiger partial charge in [-0.15, -0.1) is 11.3 Å². The van der Waals surface area contributed by atoms with Gasteiger partial charge in [0.25, 0.3) is 10.0 Å². The second kappa shape index (κ2) is 8.93. The van der Waals surface area contributed by atoms with E-state index in [1.54, 1.807) is 42.5 Å². The lowest BCUT2D eigenvalue weighted by molar-refractivity contribution is 0.0602. The summed E-state index contributed by atoms with van der Waals surface area (Å²) in [5, 5.41) is 3.59. The number of nitrogens with one attached hydrogen (secondary N) is 2. The Morgan fingerprint density at radius 2 is 1.62 bits per heavy atom. The van der Waals surface area contributed by atoms with Crippen molar-refractivity contribution in [1.29, 1.82) is 0 Å². The standard InChI is InChI=1S/C22H20N4O4S2/c1-3-14-13-16(22(27)30-2)21(31-14)25-19-20(24-18-12-8-7-11-17(18)23-19)26-32(28,29)15-9-5-4-6-10-15/h4-13H,3H2,1-2H3,(H,23,25)(H,24,26). The molecular formula is C22H20N4O4S2. The smallest absolute Gasteiger partial charge is 0.340 e. The van der Waals surface area contributed by atoms with Gasteiger partial charge in [0.2, 0.25) is 0 Å². The summed E-state index contributed by atoms with van der Waals surface area (Å²) in [4.78, 5) is 22.4. The molecule has 0 aliphatic carbocycles. The van der Waals surface area contributed by atoms with Gasteiger partial charge in [-0.05, 0) is 36.8 Å². The highest BCUT2D eigenvalue weighted by molar-refractivity contribution is 7.92. The maximum absolute atomic E-state index is 12.9. The molecule has 0 bridgehead atoms. The van der Waals surface area contributed by atoms with E-state index >= 15 is 0 Å². The maximum atomic E-state index is 12.9. The summed E-state index contributed by atoms with van der Waals surface area (Å²) in [7, 11) is -2.60. The molecule has 2 aromatic carbocycles. The summed E-state index contributed by atoms with van der Waals surface area (Å²) in [6.07, 6.45) is 0.729. The Morgan fingerprint density at radius 1 is 1.00 bits per heavy atom. The third-order valence-electron chi connectivity index (χ3n) is 4.62. The van der Waals surface area contributed by atoms with Gasteiger partial charge in [-0.1, -0.05) is 37.3 Å². The molecule has 4 aromatic rings. The van der Waals surface area contributed by atoms with E-state index in [9.17, 15) is 13.2 Å². The summed E-state index contributed by atoms with van der Waals surface area (Å²) < 4.78 is 33.3. The molecule has 2 aromatic heterocycles. The fourth-order valence-electron chi connectivity index (χ4n) is 3.02. The van der Waals surface area contributed by atoms with Crippen molar-refractivity contribution in [3.63, 3.8) is 0 Å². The van der Waals surface area contributed by atoms with E-state index in [2.05, 4.69) is 20.0 Å². The van der Waals surface area contributed by atoms with Gasteiger partial charge in [0, 0.05) is 4.88 Å². The SMILES string of the molecule is CCc1cc(C(=O)OC)c(Nc2nc3ccccc3nc2NS(=O)(=O)c2ccccc2)s1. The van der Waals surface area contributed by atoms with Gasteiger partial charge in [0.05, 0.1) is 28.6 Å². The molecule has 10 heteroatoms. The molecule has 0 aliphatic rings. The van der Waals surface area contributed by atoms with Crippen LogP contribution in [0.3, 0.4) is 0 Å². The van der Waals surface area contributed by atoms with Gasteiger partial charge in [0.1, 0.15) is 5.00 Å². The number of hydrogen-bond acceptors (Lipinski definition) is 8. The lowest BCUT2D eigenvalue weighted by atomic mass is 10.2. The molecule has 2 heterocycles. The summed E-state index contributed by atoms with van der Waals surface area (Å²) in [6, 6.07) is 16.9. The fourth-order valence-corrected chi connectivity index (χ4v) is 5.04. The van der Waals surface area contributed by atoms with E-state index in [0.29, 0.717) is 21.6 Å². The van der Waals surface area contributed by atoms with Crippen LogP contribution in [-0.4, -0.2) is 31.5 Å². The number of rotatable bonds is 7. The topological polar surface area (TPSA) is 110 Å². The van der Waals surface area contributed by atoms with Gasteiger partial charge < -0.3 is 10.1 Å². The zero-order valence-electron chi connectivity index (χ0n) is 17.3. The molecular weight excluding hydrogens is 448 g/mol. The van der Waals surface area contributed by atoms with Crippen LogP contribution in [0.4, 0.5) is 16.6 Å². The molecule has 32 heavy (non-hydrogen) atoms. The average molecular weight is 469 g/mol. The van der Waals surface area contributed by atoms with Gasteiger partial charge >= 0.3 is 5.97 Å². The lowest BCUT2D eigenvalue weighted by Gasteiger charge is -2.13. The molecule has 8 nitrogen and oxygen atoms in total. The predicted molar refractivity (Wildman–Crippen MR) is 125 cm³/mol. The predicted octanol–water partition coefficient (Wildman–Crippen LogP) is 4.58. The van der Waals surface area contributed by atoms with E-state index in [0.717, 1.165) is 11.3 Å². The number of methoxy groups -OCH3 is 1.